The van der Waals surface area contributed by atoms with Crippen LogP contribution in [0.25, 0.3) is 0 Å². The van der Waals surface area contributed by atoms with Gasteiger partial charge in [0.05, 0.1) is 11.7 Å². The molecule has 0 aliphatic carbocycles. The van der Waals surface area contributed by atoms with E-state index >= 15 is 0 Å². The molecule has 0 saturated heterocycles. The van der Waals surface area contributed by atoms with E-state index in [9.17, 15) is 4.79 Å². The van der Waals surface area contributed by atoms with Gasteiger partial charge in [-0.2, -0.15) is 0 Å². The number of amidine groups is 1. The van der Waals surface area contributed by atoms with Crippen molar-refractivity contribution in [3.63, 3.8) is 0 Å². The van der Waals surface area contributed by atoms with E-state index in [0.29, 0.717) is 23.4 Å². The molecule has 1 atom stereocenters. The summed E-state index contributed by atoms with van der Waals surface area (Å²) in [5.41, 5.74) is 6.19. The van der Waals surface area contributed by atoms with E-state index in [4.69, 9.17) is 10.9 Å². The number of hydrogen-bond acceptors (Lipinski definition) is 6. The summed E-state index contributed by atoms with van der Waals surface area (Å²) in [4.78, 5) is 12.5. The van der Waals surface area contributed by atoms with Gasteiger partial charge in [0.1, 0.15) is 4.88 Å². The molecule has 1 rings (SSSR count). The van der Waals surface area contributed by atoms with Crippen LogP contribution in [0.15, 0.2) is 5.16 Å². The highest BCUT2D eigenvalue weighted by Crippen LogP contribution is 2.11. The lowest BCUT2D eigenvalue weighted by molar-refractivity contribution is 0.0948. The molecule has 0 aliphatic heterocycles. The van der Waals surface area contributed by atoms with Crippen LogP contribution in [0.4, 0.5) is 0 Å². The second-order valence-corrected chi connectivity index (χ2v) is 4.50. The van der Waals surface area contributed by atoms with E-state index in [-0.39, 0.29) is 11.7 Å². The molecular weight excluding hydrogens is 254 g/mol. The number of aryl methyl sites for hydroxylation is 1. The maximum absolute atomic E-state index is 12.0. The number of rotatable bonds is 6. The average Bonchev–Trinajstić information content (AvgIpc) is 2.85. The molecule has 1 amide bonds. The standard InChI is InChI=1S/C10H17N5O2S/c1-3-5-7(9(11)14-17)12-10(16)8-6(4-2)13-15-18-8/h7,17H,3-5H2,1-2H3,(H2,11,14)(H,12,16). The number of aromatic nitrogens is 2. The third-order valence-electron chi connectivity index (χ3n) is 2.45. The summed E-state index contributed by atoms with van der Waals surface area (Å²) in [5, 5.41) is 18.2. The molecule has 0 aromatic carbocycles. The van der Waals surface area contributed by atoms with Gasteiger partial charge in [-0.25, -0.2) is 0 Å². The van der Waals surface area contributed by atoms with Crippen LogP contribution < -0.4 is 11.1 Å². The Bertz CT molecular complexity index is 432. The van der Waals surface area contributed by atoms with E-state index in [1.165, 1.54) is 0 Å². The van der Waals surface area contributed by atoms with Gasteiger partial charge in [-0.1, -0.05) is 29.9 Å². The molecule has 0 bridgehead atoms. The van der Waals surface area contributed by atoms with Crippen LogP contribution in [0.1, 0.15) is 42.1 Å². The minimum Gasteiger partial charge on any atom is -0.409 e. The molecule has 8 heteroatoms. The van der Waals surface area contributed by atoms with Crippen LogP contribution >= 0.6 is 11.5 Å². The van der Waals surface area contributed by atoms with Crippen LogP contribution in [0.5, 0.6) is 0 Å². The minimum absolute atomic E-state index is 0.000669. The molecule has 0 saturated carbocycles. The zero-order chi connectivity index (χ0) is 13.5. The molecule has 1 unspecified atom stereocenters. The van der Waals surface area contributed by atoms with Gasteiger partial charge in [-0.3, -0.25) is 4.79 Å². The number of carbonyl (C=O) groups is 1. The highest BCUT2D eigenvalue weighted by molar-refractivity contribution is 7.08. The van der Waals surface area contributed by atoms with Crippen molar-refractivity contribution < 1.29 is 10.0 Å². The fraction of sp³-hybridized carbons (Fsp3) is 0.600. The van der Waals surface area contributed by atoms with E-state index in [1.54, 1.807) is 0 Å². The van der Waals surface area contributed by atoms with Crippen LogP contribution in [0, 0.1) is 0 Å². The van der Waals surface area contributed by atoms with Crippen molar-refractivity contribution in [1.82, 2.24) is 14.9 Å². The number of nitrogens with zero attached hydrogens (tertiary/aromatic N) is 3. The number of hydrogen-bond donors (Lipinski definition) is 3. The van der Waals surface area contributed by atoms with E-state index in [1.807, 2.05) is 13.8 Å². The molecule has 0 radical (unpaired) electrons. The SMILES string of the molecule is CCCC(NC(=O)c1snnc1CC)C(N)=NO. The van der Waals surface area contributed by atoms with Gasteiger partial charge in [0.15, 0.2) is 5.84 Å². The maximum Gasteiger partial charge on any atom is 0.265 e. The van der Waals surface area contributed by atoms with Crippen LogP contribution in [0.2, 0.25) is 0 Å². The normalized spacial score (nSPS) is 13.3. The maximum atomic E-state index is 12.0. The monoisotopic (exact) mass is 271 g/mol. The molecule has 0 spiro atoms. The molecular formula is C10H17N5O2S. The molecule has 1 aromatic heterocycles. The van der Waals surface area contributed by atoms with Gasteiger partial charge in [-0.15, -0.1) is 5.10 Å². The van der Waals surface area contributed by atoms with Gasteiger partial charge in [0.25, 0.3) is 5.91 Å². The Morgan fingerprint density at radius 2 is 2.33 bits per heavy atom. The Balaban J connectivity index is 2.78. The molecule has 100 valence electrons. The molecule has 18 heavy (non-hydrogen) atoms. The highest BCUT2D eigenvalue weighted by atomic mass is 32.1. The summed E-state index contributed by atoms with van der Waals surface area (Å²) in [7, 11) is 0. The summed E-state index contributed by atoms with van der Waals surface area (Å²) in [6.45, 7) is 3.86. The van der Waals surface area contributed by atoms with E-state index < -0.39 is 6.04 Å². The van der Waals surface area contributed by atoms with E-state index in [2.05, 4.69) is 20.1 Å². The number of amides is 1. The zero-order valence-electron chi connectivity index (χ0n) is 10.4. The molecule has 1 aromatic rings. The van der Waals surface area contributed by atoms with Crippen molar-refractivity contribution in [1.29, 1.82) is 0 Å². The van der Waals surface area contributed by atoms with Gasteiger partial charge in [0.2, 0.25) is 0 Å². The zero-order valence-corrected chi connectivity index (χ0v) is 11.2. The lowest BCUT2D eigenvalue weighted by atomic mass is 10.1. The van der Waals surface area contributed by atoms with Crippen molar-refractivity contribution in [3.8, 4) is 0 Å². The van der Waals surface area contributed by atoms with Gasteiger partial charge < -0.3 is 16.3 Å². The second-order valence-electron chi connectivity index (χ2n) is 3.74. The van der Waals surface area contributed by atoms with E-state index in [0.717, 1.165) is 18.0 Å². The Hall–Kier alpha value is -1.70. The minimum atomic E-state index is -0.473. The van der Waals surface area contributed by atoms with Crippen LogP contribution in [-0.2, 0) is 6.42 Å². The summed E-state index contributed by atoms with van der Waals surface area (Å²) in [5.74, 6) is -0.285. The lowest BCUT2D eigenvalue weighted by Crippen LogP contribution is -2.44. The Morgan fingerprint density at radius 1 is 1.61 bits per heavy atom. The van der Waals surface area contributed by atoms with Crippen LogP contribution in [0.3, 0.4) is 0 Å². The first-order valence-electron chi connectivity index (χ1n) is 5.73. The van der Waals surface area contributed by atoms with Crippen molar-refractivity contribution >= 4 is 23.3 Å². The number of nitrogens with one attached hydrogen (secondary N) is 1. The van der Waals surface area contributed by atoms with Crippen LogP contribution in [-0.4, -0.2) is 32.6 Å². The molecule has 7 nitrogen and oxygen atoms in total. The topological polar surface area (TPSA) is 113 Å². The Morgan fingerprint density at radius 3 is 2.89 bits per heavy atom. The van der Waals surface area contributed by atoms with Gasteiger partial charge in [-0.05, 0) is 24.4 Å². The predicted molar refractivity (Wildman–Crippen MR) is 68.9 cm³/mol. The summed E-state index contributed by atoms with van der Waals surface area (Å²) in [6.07, 6.45) is 2.05. The first-order chi connectivity index (χ1) is 8.63. The van der Waals surface area contributed by atoms with Crippen molar-refractivity contribution in [2.45, 2.75) is 39.2 Å². The quantitative estimate of drug-likeness (QED) is 0.306. The third kappa shape index (κ3) is 3.39. The predicted octanol–water partition coefficient (Wildman–Crippen LogP) is 0.745. The van der Waals surface area contributed by atoms with Crippen molar-refractivity contribution in [2.75, 3.05) is 0 Å². The largest absolute Gasteiger partial charge is 0.409 e. The first kappa shape index (κ1) is 14.4. The van der Waals surface area contributed by atoms with Crippen molar-refractivity contribution in [3.05, 3.63) is 10.6 Å². The Kier molecular flexibility index (Phi) is 5.50. The second kappa shape index (κ2) is 6.90. The smallest absolute Gasteiger partial charge is 0.265 e. The molecule has 0 fully saturated rings. The molecule has 0 aliphatic rings. The first-order valence-corrected chi connectivity index (χ1v) is 6.50. The fourth-order valence-corrected chi connectivity index (χ4v) is 2.14. The number of oxime groups is 1. The molecule has 4 N–H and O–H groups in total. The van der Waals surface area contributed by atoms with Crippen molar-refractivity contribution in [2.24, 2.45) is 10.9 Å². The van der Waals surface area contributed by atoms with Gasteiger partial charge in [0, 0.05) is 0 Å². The number of carbonyl (C=O) groups excluding carboxylic acids is 1. The summed E-state index contributed by atoms with van der Waals surface area (Å²) >= 11 is 1.05. The Labute approximate surface area is 109 Å². The fourth-order valence-electron chi connectivity index (χ4n) is 1.49. The lowest BCUT2D eigenvalue weighted by Gasteiger charge is -2.15. The third-order valence-corrected chi connectivity index (χ3v) is 3.22. The summed E-state index contributed by atoms with van der Waals surface area (Å²) in [6, 6.07) is -0.473. The van der Waals surface area contributed by atoms with Gasteiger partial charge >= 0.3 is 0 Å². The highest BCUT2D eigenvalue weighted by Gasteiger charge is 2.20. The molecule has 1 heterocycles. The number of nitrogens with two attached hydrogens (primary N) is 1. The average molecular weight is 271 g/mol. The summed E-state index contributed by atoms with van der Waals surface area (Å²) < 4.78 is 3.75.